The minimum absolute atomic E-state index is 0.267. The summed E-state index contributed by atoms with van der Waals surface area (Å²) in [7, 11) is 1.97. The lowest BCUT2D eigenvalue weighted by atomic mass is 10.0. The summed E-state index contributed by atoms with van der Waals surface area (Å²) < 4.78 is 44.4. The third-order valence-corrected chi connectivity index (χ3v) is 4.81. The van der Waals surface area contributed by atoms with E-state index in [0.717, 1.165) is 27.6 Å². The van der Waals surface area contributed by atoms with Crippen LogP contribution >= 0.6 is 0 Å². The van der Waals surface area contributed by atoms with Crippen LogP contribution in [0.1, 0.15) is 5.56 Å². The molecule has 0 spiro atoms. The van der Waals surface area contributed by atoms with Crippen molar-refractivity contribution in [3.8, 4) is 22.6 Å². The van der Waals surface area contributed by atoms with Crippen molar-refractivity contribution in [2.24, 2.45) is 7.05 Å². The molecule has 4 aromatic rings. The van der Waals surface area contributed by atoms with Crippen molar-refractivity contribution < 1.29 is 17.9 Å². The third kappa shape index (κ3) is 3.76. The molecule has 0 bridgehead atoms. The van der Waals surface area contributed by atoms with Crippen LogP contribution in [-0.2, 0) is 7.05 Å². The highest BCUT2D eigenvalue weighted by Gasteiger charge is 2.31. The number of pyridine rings is 1. The van der Waals surface area contributed by atoms with Gasteiger partial charge >= 0.3 is 6.36 Å². The fourth-order valence-corrected chi connectivity index (χ4v) is 3.39. The number of hydrogen-bond donors (Lipinski definition) is 0. The number of benzene rings is 2. The minimum atomic E-state index is -4.76. The van der Waals surface area contributed by atoms with Gasteiger partial charge in [0, 0.05) is 47.7 Å². The molecule has 0 unspecified atom stereocenters. The fraction of sp³-hybridized carbons (Fsp3) is 0.136. The second-order valence-corrected chi connectivity index (χ2v) is 6.82. The largest absolute Gasteiger partial charge is 0.573 e. The van der Waals surface area contributed by atoms with E-state index in [1.54, 1.807) is 6.20 Å². The van der Waals surface area contributed by atoms with E-state index in [1.165, 1.54) is 34.9 Å². The van der Waals surface area contributed by atoms with Crippen LogP contribution in [0.3, 0.4) is 0 Å². The Hall–Kier alpha value is -3.48. The van der Waals surface area contributed by atoms with E-state index in [-0.39, 0.29) is 11.3 Å². The SMILES string of the molecule is Cc1cc(=O)n(-c2ccc(OC(F)(F)F)cc2)cc1-c1ccc2c(ccn2C)c1. The summed E-state index contributed by atoms with van der Waals surface area (Å²) in [5, 5.41) is 1.08. The van der Waals surface area contributed by atoms with Gasteiger partial charge in [-0.3, -0.25) is 9.36 Å². The Kier molecular flexibility index (Phi) is 4.45. The molecule has 0 saturated carbocycles. The monoisotopic (exact) mass is 398 g/mol. The normalized spacial score (nSPS) is 11.8. The van der Waals surface area contributed by atoms with Crippen LogP contribution in [-0.4, -0.2) is 15.5 Å². The highest BCUT2D eigenvalue weighted by atomic mass is 19.4. The van der Waals surface area contributed by atoms with Crippen LogP contribution in [0, 0.1) is 6.92 Å². The van der Waals surface area contributed by atoms with Crippen LogP contribution in [0.4, 0.5) is 13.2 Å². The molecule has 4 nitrogen and oxygen atoms in total. The average molecular weight is 398 g/mol. The van der Waals surface area contributed by atoms with E-state index in [1.807, 2.05) is 49.0 Å². The first-order valence-corrected chi connectivity index (χ1v) is 8.86. The molecule has 148 valence electrons. The van der Waals surface area contributed by atoms with E-state index < -0.39 is 6.36 Å². The Labute approximate surface area is 164 Å². The molecule has 4 rings (SSSR count). The van der Waals surface area contributed by atoms with Gasteiger partial charge in [-0.05, 0) is 60.5 Å². The molecule has 29 heavy (non-hydrogen) atoms. The Balaban J connectivity index is 1.76. The summed E-state index contributed by atoms with van der Waals surface area (Å²) in [5.74, 6) is -0.337. The van der Waals surface area contributed by atoms with E-state index in [9.17, 15) is 18.0 Å². The molecule has 2 aromatic heterocycles. The summed E-state index contributed by atoms with van der Waals surface area (Å²) in [4.78, 5) is 12.5. The van der Waals surface area contributed by atoms with Crippen molar-refractivity contribution in [2.45, 2.75) is 13.3 Å². The molecule has 0 saturated heterocycles. The zero-order valence-electron chi connectivity index (χ0n) is 15.7. The third-order valence-electron chi connectivity index (χ3n) is 4.81. The predicted molar refractivity (Wildman–Crippen MR) is 105 cm³/mol. The van der Waals surface area contributed by atoms with Gasteiger partial charge in [-0.15, -0.1) is 13.2 Å². The molecule has 0 fully saturated rings. The molecular weight excluding hydrogens is 381 g/mol. The molecule has 0 N–H and O–H groups in total. The molecule has 0 aliphatic carbocycles. The van der Waals surface area contributed by atoms with E-state index in [4.69, 9.17) is 0 Å². The molecule has 2 heterocycles. The zero-order valence-corrected chi connectivity index (χ0v) is 15.7. The van der Waals surface area contributed by atoms with Gasteiger partial charge in [0.1, 0.15) is 5.75 Å². The molecule has 2 aromatic carbocycles. The summed E-state index contributed by atoms with van der Waals surface area (Å²) in [6.45, 7) is 1.86. The molecule has 0 radical (unpaired) electrons. The van der Waals surface area contributed by atoms with Gasteiger partial charge in [0.25, 0.3) is 5.56 Å². The number of aryl methyl sites for hydroxylation is 2. The number of halogens is 3. The van der Waals surface area contributed by atoms with Crippen LogP contribution in [0.5, 0.6) is 5.75 Å². The van der Waals surface area contributed by atoms with Gasteiger partial charge in [-0.1, -0.05) is 6.07 Å². The van der Waals surface area contributed by atoms with Gasteiger partial charge in [-0.2, -0.15) is 0 Å². The van der Waals surface area contributed by atoms with Gasteiger partial charge in [0.15, 0.2) is 0 Å². The number of fused-ring (bicyclic) bond motifs is 1. The maximum atomic E-state index is 12.5. The molecular formula is C22H17F3N2O2. The number of nitrogens with zero attached hydrogens (tertiary/aromatic N) is 2. The van der Waals surface area contributed by atoms with Crippen molar-refractivity contribution in [3.05, 3.63) is 82.9 Å². The lowest BCUT2D eigenvalue weighted by Gasteiger charge is -2.13. The van der Waals surface area contributed by atoms with Crippen molar-refractivity contribution in [2.75, 3.05) is 0 Å². The van der Waals surface area contributed by atoms with Crippen molar-refractivity contribution in [1.29, 1.82) is 0 Å². The van der Waals surface area contributed by atoms with Gasteiger partial charge in [-0.25, -0.2) is 0 Å². The molecule has 0 atom stereocenters. The molecule has 7 heteroatoms. The highest BCUT2D eigenvalue weighted by Crippen LogP contribution is 2.28. The van der Waals surface area contributed by atoms with Gasteiger partial charge in [0.05, 0.1) is 0 Å². The number of aromatic nitrogens is 2. The highest BCUT2D eigenvalue weighted by molar-refractivity contribution is 5.86. The first-order valence-electron chi connectivity index (χ1n) is 8.86. The van der Waals surface area contributed by atoms with Crippen molar-refractivity contribution in [3.63, 3.8) is 0 Å². The van der Waals surface area contributed by atoms with Gasteiger partial charge in [0.2, 0.25) is 0 Å². The molecule has 0 aliphatic rings. The molecule has 0 aliphatic heterocycles. The van der Waals surface area contributed by atoms with Gasteiger partial charge < -0.3 is 9.30 Å². The summed E-state index contributed by atoms with van der Waals surface area (Å²) in [6, 6.07) is 14.8. The Morgan fingerprint density at radius 3 is 2.38 bits per heavy atom. The summed E-state index contributed by atoms with van der Waals surface area (Å²) >= 11 is 0. The van der Waals surface area contributed by atoms with Crippen molar-refractivity contribution in [1.82, 2.24) is 9.13 Å². The van der Waals surface area contributed by atoms with Crippen LogP contribution in [0.2, 0.25) is 0 Å². The van der Waals surface area contributed by atoms with Crippen LogP contribution < -0.4 is 10.3 Å². The zero-order chi connectivity index (χ0) is 20.8. The smallest absolute Gasteiger partial charge is 0.406 e. The Bertz CT molecular complexity index is 1250. The first kappa shape index (κ1) is 18.9. The maximum Gasteiger partial charge on any atom is 0.573 e. The second kappa shape index (κ2) is 6.84. The second-order valence-electron chi connectivity index (χ2n) is 6.82. The van der Waals surface area contributed by atoms with Crippen LogP contribution in [0.15, 0.2) is 71.8 Å². The Morgan fingerprint density at radius 1 is 0.966 bits per heavy atom. The van der Waals surface area contributed by atoms with Crippen molar-refractivity contribution >= 4 is 10.9 Å². The first-order chi connectivity index (χ1) is 13.7. The van der Waals surface area contributed by atoms with E-state index >= 15 is 0 Å². The lowest BCUT2D eigenvalue weighted by Crippen LogP contribution is -2.19. The number of rotatable bonds is 3. The standard InChI is InChI=1S/C22H17F3N2O2/c1-14-11-21(28)27(17-4-6-18(7-5-17)29-22(23,24)25)13-19(14)15-3-8-20-16(12-15)9-10-26(20)2/h3-13H,1-2H3. The van der Waals surface area contributed by atoms with E-state index in [2.05, 4.69) is 4.74 Å². The van der Waals surface area contributed by atoms with Crippen LogP contribution in [0.25, 0.3) is 27.7 Å². The van der Waals surface area contributed by atoms with E-state index in [0.29, 0.717) is 5.69 Å². The fourth-order valence-electron chi connectivity index (χ4n) is 3.39. The number of hydrogen-bond acceptors (Lipinski definition) is 2. The maximum absolute atomic E-state index is 12.5. The lowest BCUT2D eigenvalue weighted by molar-refractivity contribution is -0.274. The number of ether oxygens (including phenoxy) is 1. The Morgan fingerprint density at radius 2 is 1.69 bits per heavy atom. The predicted octanol–water partition coefficient (Wildman–Crippen LogP) is 5.20. The quantitative estimate of drug-likeness (QED) is 0.475. The molecule has 0 amide bonds. The average Bonchev–Trinajstić information content (AvgIpc) is 3.02. The topological polar surface area (TPSA) is 36.2 Å². The summed E-state index contributed by atoms with van der Waals surface area (Å²) in [6.07, 6.45) is -1.07. The summed E-state index contributed by atoms with van der Waals surface area (Å²) in [5.41, 5.74) is 3.92. The number of alkyl halides is 3. The minimum Gasteiger partial charge on any atom is -0.406 e.